The molecule has 3 heteroatoms. The van der Waals surface area contributed by atoms with Crippen molar-refractivity contribution in [2.75, 3.05) is 0 Å². The zero-order chi connectivity index (χ0) is 8.23. The molecule has 1 N–H and O–H groups in total. The molecular weight excluding hydrogens is 150 g/mol. The van der Waals surface area contributed by atoms with Gasteiger partial charge in [0.1, 0.15) is 5.82 Å². The Hall–Kier alpha value is -0.960. The Bertz CT molecular complexity index is 231. The summed E-state index contributed by atoms with van der Waals surface area (Å²) < 4.78 is 0. The SMILES string of the molecule is c1cnc(CNC2CCC2)nc1. The molecule has 64 valence electrons. The van der Waals surface area contributed by atoms with E-state index in [1.54, 1.807) is 12.4 Å². The van der Waals surface area contributed by atoms with Gasteiger partial charge < -0.3 is 5.32 Å². The Morgan fingerprint density at radius 3 is 2.67 bits per heavy atom. The summed E-state index contributed by atoms with van der Waals surface area (Å²) >= 11 is 0. The van der Waals surface area contributed by atoms with Gasteiger partial charge in [0.25, 0.3) is 0 Å². The number of hydrogen-bond acceptors (Lipinski definition) is 3. The highest BCUT2D eigenvalue weighted by Crippen LogP contribution is 2.17. The van der Waals surface area contributed by atoms with Gasteiger partial charge in [-0.1, -0.05) is 6.42 Å². The molecule has 0 radical (unpaired) electrons. The molecule has 0 spiro atoms. The molecule has 1 aromatic rings. The zero-order valence-electron chi connectivity index (χ0n) is 7.03. The Labute approximate surface area is 72.2 Å². The molecule has 0 aliphatic heterocycles. The predicted molar refractivity (Wildman–Crippen MR) is 46.5 cm³/mol. The molecular formula is C9H13N3. The third kappa shape index (κ3) is 1.80. The molecule has 1 fully saturated rings. The highest BCUT2D eigenvalue weighted by atomic mass is 15.0. The van der Waals surface area contributed by atoms with E-state index in [0.29, 0.717) is 6.04 Å². The van der Waals surface area contributed by atoms with Crippen LogP contribution in [0.25, 0.3) is 0 Å². The minimum atomic E-state index is 0.716. The van der Waals surface area contributed by atoms with Crippen molar-refractivity contribution in [1.82, 2.24) is 15.3 Å². The van der Waals surface area contributed by atoms with Crippen LogP contribution in [-0.2, 0) is 6.54 Å². The third-order valence-corrected chi connectivity index (χ3v) is 2.27. The first kappa shape index (κ1) is 7.68. The fourth-order valence-electron chi connectivity index (χ4n) is 1.27. The van der Waals surface area contributed by atoms with Crippen LogP contribution in [0.1, 0.15) is 25.1 Å². The van der Waals surface area contributed by atoms with Crippen molar-refractivity contribution < 1.29 is 0 Å². The van der Waals surface area contributed by atoms with E-state index in [9.17, 15) is 0 Å². The molecule has 0 bridgehead atoms. The second-order valence-corrected chi connectivity index (χ2v) is 3.17. The molecule has 1 aliphatic rings. The molecule has 1 saturated carbocycles. The Kier molecular flexibility index (Phi) is 2.32. The summed E-state index contributed by atoms with van der Waals surface area (Å²) in [5.41, 5.74) is 0. The first-order chi connectivity index (χ1) is 5.95. The van der Waals surface area contributed by atoms with E-state index < -0.39 is 0 Å². The van der Waals surface area contributed by atoms with E-state index in [0.717, 1.165) is 12.4 Å². The van der Waals surface area contributed by atoms with Crippen molar-refractivity contribution in [1.29, 1.82) is 0 Å². The molecule has 0 unspecified atom stereocenters. The van der Waals surface area contributed by atoms with E-state index in [4.69, 9.17) is 0 Å². The van der Waals surface area contributed by atoms with E-state index in [2.05, 4.69) is 15.3 Å². The van der Waals surface area contributed by atoms with Crippen LogP contribution in [0, 0.1) is 0 Å². The van der Waals surface area contributed by atoms with Gasteiger partial charge in [-0.15, -0.1) is 0 Å². The van der Waals surface area contributed by atoms with Gasteiger partial charge >= 0.3 is 0 Å². The lowest BCUT2D eigenvalue weighted by molar-refractivity contribution is 0.335. The van der Waals surface area contributed by atoms with Crippen molar-refractivity contribution in [3.8, 4) is 0 Å². The minimum Gasteiger partial charge on any atom is -0.307 e. The Balaban J connectivity index is 1.79. The van der Waals surface area contributed by atoms with Gasteiger partial charge in [-0.25, -0.2) is 9.97 Å². The summed E-state index contributed by atoms with van der Waals surface area (Å²) in [4.78, 5) is 8.27. The van der Waals surface area contributed by atoms with Gasteiger partial charge in [-0.05, 0) is 18.9 Å². The second-order valence-electron chi connectivity index (χ2n) is 3.17. The summed E-state index contributed by atoms with van der Waals surface area (Å²) in [5.74, 6) is 0.893. The summed E-state index contributed by atoms with van der Waals surface area (Å²) in [7, 11) is 0. The van der Waals surface area contributed by atoms with Gasteiger partial charge in [-0.2, -0.15) is 0 Å². The fraction of sp³-hybridized carbons (Fsp3) is 0.556. The van der Waals surface area contributed by atoms with Crippen LogP contribution in [-0.4, -0.2) is 16.0 Å². The van der Waals surface area contributed by atoms with Crippen LogP contribution in [0.3, 0.4) is 0 Å². The number of aromatic nitrogens is 2. The van der Waals surface area contributed by atoms with Gasteiger partial charge in [0.2, 0.25) is 0 Å². The molecule has 1 aromatic heterocycles. The van der Waals surface area contributed by atoms with Gasteiger partial charge in [0.05, 0.1) is 6.54 Å². The van der Waals surface area contributed by atoms with E-state index in [-0.39, 0.29) is 0 Å². The van der Waals surface area contributed by atoms with Gasteiger partial charge in [-0.3, -0.25) is 0 Å². The standard InChI is InChI=1S/C9H13N3/c1-3-8(4-1)12-7-9-10-5-2-6-11-9/h2,5-6,8,12H,1,3-4,7H2. The molecule has 0 atom stereocenters. The zero-order valence-corrected chi connectivity index (χ0v) is 7.03. The van der Waals surface area contributed by atoms with Crippen LogP contribution >= 0.6 is 0 Å². The van der Waals surface area contributed by atoms with Crippen molar-refractivity contribution >= 4 is 0 Å². The van der Waals surface area contributed by atoms with Gasteiger partial charge in [0.15, 0.2) is 0 Å². The van der Waals surface area contributed by atoms with Crippen molar-refractivity contribution in [3.05, 3.63) is 24.3 Å². The van der Waals surface area contributed by atoms with Gasteiger partial charge in [0, 0.05) is 18.4 Å². The molecule has 0 amide bonds. The summed E-state index contributed by atoms with van der Waals surface area (Å²) in [6, 6.07) is 2.56. The number of hydrogen-bond donors (Lipinski definition) is 1. The van der Waals surface area contributed by atoms with Crippen molar-refractivity contribution in [3.63, 3.8) is 0 Å². The quantitative estimate of drug-likeness (QED) is 0.725. The molecule has 0 aromatic carbocycles. The number of rotatable bonds is 3. The predicted octanol–water partition coefficient (Wildman–Crippen LogP) is 1.12. The van der Waals surface area contributed by atoms with Crippen LogP contribution in [0.2, 0.25) is 0 Å². The van der Waals surface area contributed by atoms with Crippen LogP contribution in [0.4, 0.5) is 0 Å². The second kappa shape index (κ2) is 3.63. The number of nitrogens with zero attached hydrogens (tertiary/aromatic N) is 2. The smallest absolute Gasteiger partial charge is 0.141 e. The lowest BCUT2D eigenvalue weighted by atomic mass is 9.93. The third-order valence-electron chi connectivity index (χ3n) is 2.27. The maximum Gasteiger partial charge on any atom is 0.141 e. The van der Waals surface area contributed by atoms with E-state index in [1.165, 1.54) is 19.3 Å². The normalized spacial score (nSPS) is 17.3. The maximum absolute atomic E-state index is 4.14. The first-order valence-corrected chi connectivity index (χ1v) is 4.44. The lowest BCUT2D eigenvalue weighted by Gasteiger charge is -2.26. The summed E-state index contributed by atoms with van der Waals surface area (Å²) in [5, 5.41) is 3.41. The van der Waals surface area contributed by atoms with Crippen LogP contribution in [0.15, 0.2) is 18.5 Å². The molecule has 1 aliphatic carbocycles. The van der Waals surface area contributed by atoms with Crippen molar-refractivity contribution in [2.24, 2.45) is 0 Å². The number of nitrogens with one attached hydrogen (secondary N) is 1. The van der Waals surface area contributed by atoms with Crippen LogP contribution < -0.4 is 5.32 Å². The highest BCUT2D eigenvalue weighted by Gasteiger charge is 2.16. The van der Waals surface area contributed by atoms with Crippen molar-refractivity contribution in [2.45, 2.75) is 31.8 Å². The van der Waals surface area contributed by atoms with E-state index >= 15 is 0 Å². The Morgan fingerprint density at radius 1 is 1.33 bits per heavy atom. The molecule has 12 heavy (non-hydrogen) atoms. The molecule has 0 saturated heterocycles. The van der Waals surface area contributed by atoms with Crippen LogP contribution in [0.5, 0.6) is 0 Å². The summed E-state index contributed by atoms with van der Waals surface area (Å²) in [6.07, 6.45) is 7.56. The highest BCUT2D eigenvalue weighted by molar-refractivity contribution is 4.89. The maximum atomic E-state index is 4.14. The largest absolute Gasteiger partial charge is 0.307 e. The average molecular weight is 163 g/mol. The molecule has 1 heterocycles. The lowest BCUT2D eigenvalue weighted by Crippen LogP contribution is -2.34. The minimum absolute atomic E-state index is 0.716. The Morgan fingerprint density at radius 2 is 2.08 bits per heavy atom. The van der Waals surface area contributed by atoms with E-state index in [1.807, 2.05) is 6.07 Å². The topological polar surface area (TPSA) is 37.8 Å². The summed E-state index contributed by atoms with van der Waals surface area (Å²) in [6.45, 7) is 0.811. The molecule has 3 nitrogen and oxygen atoms in total. The monoisotopic (exact) mass is 163 g/mol. The molecule has 2 rings (SSSR count). The fourth-order valence-corrected chi connectivity index (χ4v) is 1.27. The first-order valence-electron chi connectivity index (χ1n) is 4.44. The average Bonchev–Trinajstić information content (AvgIpc) is 2.04.